The van der Waals surface area contributed by atoms with Gasteiger partial charge in [0.1, 0.15) is 0 Å². The van der Waals surface area contributed by atoms with Crippen molar-refractivity contribution in [2.75, 3.05) is 0 Å². The maximum Gasteiger partial charge on any atom is 0.200 e. The molecule has 0 radical (unpaired) electrons. The molecule has 0 aromatic heterocycles. The summed E-state index contributed by atoms with van der Waals surface area (Å²) in [5, 5.41) is 8.07. The Hall–Kier alpha value is -1.16. The first-order valence-electron chi connectivity index (χ1n) is 4.33. The van der Waals surface area contributed by atoms with Crippen LogP contribution in [-0.4, -0.2) is 14.6 Å². The van der Waals surface area contributed by atoms with E-state index in [0.29, 0.717) is 5.57 Å². The molecule has 0 saturated heterocycles. The quantitative estimate of drug-likeness (QED) is 0.710. The molecule has 0 fully saturated rings. The van der Waals surface area contributed by atoms with Crippen LogP contribution in [0.2, 0.25) is 0 Å². The lowest BCUT2D eigenvalue weighted by Crippen LogP contribution is -1.96. The van der Waals surface area contributed by atoms with E-state index in [0.717, 1.165) is 6.21 Å². The fourth-order valence-electron chi connectivity index (χ4n) is 1.25. The molecule has 76 valence electrons. The second kappa shape index (κ2) is 3.92. The summed E-state index contributed by atoms with van der Waals surface area (Å²) in [5.41, 5.74) is 0.684. The lowest BCUT2D eigenvalue weighted by atomic mass is 10.1. The average molecular weight is 211 g/mol. The van der Waals surface area contributed by atoms with Crippen LogP contribution in [0.1, 0.15) is 13.8 Å². The van der Waals surface area contributed by atoms with Gasteiger partial charge in [-0.05, 0) is 23.6 Å². The van der Waals surface area contributed by atoms with Crippen molar-refractivity contribution in [1.82, 2.24) is 0 Å². The molecule has 1 heterocycles. The number of allylic oxidation sites excluding steroid dienone is 4. The Morgan fingerprint density at radius 2 is 2.07 bits per heavy atom. The van der Waals surface area contributed by atoms with Gasteiger partial charge in [0.15, 0.2) is 9.84 Å². The van der Waals surface area contributed by atoms with Crippen molar-refractivity contribution in [3.63, 3.8) is 0 Å². The van der Waals surface area contributed by atoms with Gasteiger partial charge in [0.2, 0.25) is 0 Å². The van der Waals surface area contributed by atoms with Crippen LogP contribution >= 0.6 is 0 Å². The van der Waals surface area contributed by atoms with Crippen LogP contribution in [-0.2, 0) is 9.84 Å². The predicted octanol–water partition coefficient (Wildman–Crippen LogP) is 2.04. The highest BCUT2D eigenvalue weighted by molar-refractivity contribution is 7.98. The van der Waals surface area contributed by atoms with Crippen LogP contribution in [0.15, 0.2) is 34.1 Å². The van der Waals surface area contributed by atoms with Gasteiger partial charge in [-0.2, -0.15) is 0 Å². The highest BCUT2D eigenvalue weighted by Gasteiger charge is 2.22. The predicted molar refractivity (Wildman–Crippen MR) is 57.8 cm³/mol. The molecule has 0 amide bonds. The molecule has 14 heavy (non-hydrogen) atoms. The van der Waals surface area contributed by atoms with Gasteiger partial charge in [-0.15, -0.1) is 0 Å². The molecule has 0 atom stereocenters. The third-order valence-electron chi connectivity index (χ3n) is 1.77. The number of nitrogens with one attached hydrogen (secondary N) is 1. The fourth-order valence-corrected chi connectivity index (χ4v) is 2.44. The molecule has 4 heteroatoms. The second-order valence-electron chi connectivity index (χ2n) is 3.41. The molecule has 1 aliphatic rings. The normalized spacial score (nSPS) is 25.1. The van der Waals surface area contributed by atoms with E-state index >= 15 is 0 Å². The highest BCUT2D eigenvalue weighted by atomic mass is 32.2. The average Bonchev–Trinajstić information content (AvgIpc) is 2.31. The van der Waals surface area contributed by atoms with Gasteiger partial charge >= 0.3 is 0 Å². The first kappa shape index (κ1) is 10.9. The van der Waals surface area contributed by atoms with Crippen LogP contribution < -0.4 is 0 Å². The minimum absolute atomic E-state index is 0.223. The van der Waals surface area contributed by atoms with Crippen LogP contribution in [0, 0.1) is 11.3 Å². The van der Waals surface area contributed by atoms with Crippen LogP contribution in [0.4, 0.5) is 0 Å². The van der Waals surface area contributed by atoms with Crippen molar-refractivity contribution < 1.29 is 8.42 Å². The van der Waals surface area contributed by atoms with Gasteiger partial charge in [0.25, 0.3) is 0 Å². The standard InChI is InChI=1S/C10H13NO2S/c1-8(2)7-9-4-6-14(12,13)10(9)3-5-11/h3-8,11H,1-2H3/b9-7-,10-3+,11-5?. The first-order chi connectivity index (χ1) is 6.47. The summed E-state index contributed by atoms with van der Waals surface area (Å²) in [6.07, 6.45) is 5.75. The highest BCUT2D eigenvalue weighted by Crippen LogP contribution is 2.27. The van der Waals surface area contributed by atoms with E-state index in [2.05, 4.69) is 0 Å². The summed E-state index contributed by atoms with van der Waals surface area (Å²) in [6.45, 7) is 3.96. The van der Waals surface area contributed by atoms with E-state index in [1.165, 1.54) is 11.5 Å². The lowest BCUT2D eigenvalue weighted by Gasteiger charge is -2.01. The molecule has 0 spiro atoms. The van der Waals surface area contributed by atoms with E-state index in [1.54, 1.807) is 6.08 Å². The number of hydrogen-bond donors (Lipinski definition) is 1. The largest absolute Gasteiger partial charge is 0.309 e. The second-order valence-corrected chi connectivity index (χ2v) is 5.21. The Balaban J connectivity index is 3.22. The zero-order chi connectivity index (χ0) is 10.8. The van der Waals surface area contributed by atoms with E-state index in [4.69, 9.17) is 5.41 Å². The van der Waals surface area contributed by atoms with Crippen molar-refractivity contribution in [2.45, 2.75) is 13.8 Å². The first-order valence-corrected chi connectivity index (χ1v) is 5.88. The number of hydrogen-bond acceptors (Lipinski definition) is 3. The Morgan fingerprint density at radius 1 is 1.43 bits per heavy atom. The molecule has 0 aromatic carbocycles. The summed E-state index contributed by atoms with van der Waals surface area (Å²) in [5.74, 6) is 0.289. The Morgan fingerprint density at radius 3 is 2.57 bits per heavy atom. The monoisotopic (exact) mass is 211 g/mol. The van der Waals surface area contributed by atoms with Crippen LogP contribution in [0.25, 0.3) is 0 Å². The maximum atomic E-state index is 11.4. The van der Waals surface area contributed by atoms with E-state index in [1.807, 2.05) is 19.9 Å². The molecule has 0 aliphatic carbocycles. The van der Waals surface area contributed by atoms with Gasteiger partial charge in [0, 0.05) is 11.6 Å². The molecule has 0 bridgehead atoms. The molecule has 1 rings (SSSR count). The SMILES string of the molecule is CC(C)/C=C1/C=CS(=O)(=O)/C1=C/C=N. The minimum atomic E-state index is -3.28. The third kappa shape index (κ3) is 2.20. The summed E-state index contributed by atoms with van der Waals surface area (Å²) in [4.78, 5) is 0.223. The number of rotatable bonds is 2. The molecule has 0 unspecified atom stereocenters. The van der Waals surface area contributed by atoms with Gasteiger partial charge in [-0.1, -0.05) is 19.9 Å². The van der Waals surface area contributed by atoms with Crippen molar-refractivity contribution >= 4 is 16.1 Å². The number of sulfone groups is 1. The molecule has 1 aliphatic heterocycles. The smallest absolute Gasteiger partial charge is 0.200 e. The van der Waals surface area contributed by atoms with E-state index in [-0.39, 0.29) is 10.8 Å². The molecule has 0 saturated carbocycles. The molecular formula is C10H13NO2S. The summed E-state index contributed by atoms with van der Waals surface area (Å²) in [6, 6.07) is 0. The zero-order valence-corrected chi connectivity index (χ0v) is 9.01. The van der Waals surface area contributed by atoms with Crippen molar-refractivity contribution in [3.05, 3.63) is 34.1 Å². The topological polar surface area (TPSA) is 58.0 Å². The van der Waals surface area contributed by atoms with Gasteiger partial charge in [0.05, 0.1) is 4.91 Å². The summed E-state index contributed by atoms with van der Waals surface area (Å²) < 4.78 is 22.9. The van der Waals surface area contributed by atoms with Gasteiger partial charge in [-0.25, -0.2) is 8.42 Å². The third-order valence-corrected chi connectivity index (χ3v) is 3.24. The minimum Gasteiger partial charge on any atom is -0.309 e. The Kier molecular flexibility index (Phi) is 3.06. The zero-order valence-electron chi connectivity index (χ0n) is 8.19. The summed E-state index contributed by atoms with van der Waals surface area (Å²) >= 11 is 0. The lowest BCUT2D eigenvalue weighted by molar-refractivity contribution is 0.611. The molecule has 1 N–H and O–H groups in total. The van der Waals surface area contributed by atoms with Crippen molar-refractivity contribution in [3.8, 4) is 0 Å². The Bertz CT molecular complexity index is 425. The van der Waals surface area contributed by atoms with E-state index in [9.17, 15) is 8.42 Å². The van der Waals surface area contributed by atoms with Crippen molar-refractivity contribution in [2.24, 2.45) is 5.92 Å². The maximum absolute atomic E-state index is 11.4. The van der Waals surface area contributed by atoms with Crippen LogP contribution in [0.3, 0.4) is 0 Å². The summed E-state index contributed by atoms with van der Waals surface area (Å²) in [7, 11) is -3.28. The van der Waals surface area contributed by atoms with Gasteiger partial charge < -0.3 is 5.41 Å². The van der Waals surface area contributed by atoms with Crippen LogP contribution in [0.5, 0.6) is 0 Å². The van der Waals surface area contributed by atoms with Gasteiger partial charge in [-0.3, -0.25) is 0 Å². The molecular weight excluding hydrogens is 198 g/mol. The molecule has 3 nitrogen and oxygen atoms in total. The Labute approximate surface area is 84.3 Å². The van der Waals surface area contributed by atoms with Crippen molar-refractivity contribution in [1.29, 1.82) is 5.41 Å². The molecule has 0 aromatic rings. The van der Waals surface area contributed by atoms with E-state index < -0.39 is 9.84 Å². The fraction of sp³-hybridized carbons (Fsp3) is 0.300.